The van der Waals surface area contributed by atoms with E-state index in [0.717, 1.165) is 0 Å². The molecule has 0 unspecified atom stereocenters. The molecule has 0 amide bonds. The Morgan fingerprint density at radius 3 is 1.00 bits per heavy atom. The van der Waals surface area contributed by atoms with Gasteiger partial charge in [-0.1, -0.05) is 125 Å². The van der Waals surface area contributed by atoms with Crippen LogP contribution >= 0.6 is 0 Å². The summed E-state index contributed by atoms with van der Waals surface area (Å²) in [4.78, 5) is 0. The fourth-order valence-electron chi connectivity index (χ4n) is 5.91. The van der Waals surface area contributed by atoms with Crippen molar-refractivity contribution in [1.82, 2.24) is 0 Å². The van der Waals surface area contributed by atoms with Crippen molar-refractivity contribution in [1.29, 1.82) is 0 Å². The van der Waals surface area contributed by atoms with Crippen molar-refractivity contribution in [3.63, 3.8) is 0 Å². The first kappa shape index (κ1) is 23.9. The third kappa shape index (κ3) is 4.14. The Hall–Kier alpha value is -0.779. The molecule has 3 rings (SSSR count). The Kier molecular flexibility index (Phi) is 6.87. The molecule has 1 aliphatic rings. The molecule has 1 fully saturated rings. The number of hydrogen-bond acceptors (Lipinski definition) is 0. The molecule has 0 bridgehead atoms. The van der Waals surface area contributed by atoms with E-state index in [0.29, 0.717) is 0 Å². The summed E-state index contributed by atoms with van der Waals surface area (Å²) in [5.74, 6) is 0. The molecule has 1 heterocycles. The highest BCUT2D eigenvalue weighted by atomic mass is 30.2. The first-order valence-electron chi connectivity index (χ1n) is 11.4. The van der Waals surface area contributed by atoms with E-state index in [1.807, 2.05) is 0 Å². The smallest absolute Gasteiger partial charge is 0.0452 e. The number of benzene rings is 2. The lowest BCUT2D eigenvalue weighted by atomic mass is 10.2. The van der Waals surface area contributed by atoms with Crippen molar-refractivity contribution in [2.24, 2.45) is 0 Å². The molecule has 0 aromatic heterocycles. The van der Waals surface area contributed by atoms with Crippen molar-refractivity contribution in [2.45, 2.75) is 52.4 Å². The molecule has 1 aliphatic heterocycles. The maximum atomic E-state index is 2.85. The highest BCUT2D eigenvalue weighted by molar-refractivity contribution is 8.09. The van der Waals surface area contributed by atoms with E-state index in [9.17, 15) is 0 Å². The summed E-state index contributed by atoms with van der Waals surface area (Å²) in [6.07, 6.45) is 5.05. The SMILES string of the molecule is C[Si]1(C)[SiH](/C=C/c2ccccc2)[Si](C)(C)[Si](C)(C)[SiH](/C=C/c2ccccc2)[Si]1(C)C. The van der Waals surface area contributed by atoms with Crippen molar-refractivity contribution in [2.75, 3.05) is 0 Å². The van der Waals surface area contributed by atoms with Crippen LogP contribution < -0.4 is 0 Å². The van der Waals surface area contributed by atoms with Crippen LogP contribution in [0.2, 0.25) is 52.4 Å². The van der Waals surface area contributed by atoms with Gasteiger partial charge in [-0.25, -0.2) is 0 Å². The molecule has 1 saturated heterocycles. The number of rotatable bonds is 4. The Morgan fingerprint density at radius 1 is 0.467 bits per heavy atom. The number of hydrogen-bond donors (Lipinski definition) is 0. The molecule has 0 N–H and O–H groups in total. The summed E-state index contributed by atoms with van der Waals surface area (Å²) in [6.45, 7) is 22.7. The van der Waals surface area contributed by atoms with Crippen molar-refractivity contribution >= 4 is 56.3 Å². The molecule has 160 valence electrons. The summed E-state index contributed by atoms with van der Waals surface area (Å²) in [6, 6.07) is 22.1. The maximum Gasteiger partial charge on any atom is 0.0452 e. The average molecular weight is 497 g/mol. The zero-order valence-electron chi connectivity index (χ0n) is 20.2. The van der Waals surface area contributed by atoms with Gasteiger partial charge < -0.3 is 0 Å². The fraction of sp³-hybridized carbons (Fsp3) is 0.333. The average Bonchev–Trinajstić information content (AvgIpc) is 2.68. The van der Waals surface area contributed by atoms with E-state index in [1.165, 1.54) is 11.1 Å². The molecule has 0 atom stereocenters. The highest BCUT2D eigenvalue weighted by Gasteiger charge is 2.67. The normalized spacial score (nSPS) is 26.8. The summed E-state index contributed by atoms with van der Waals surface area (Å²) in [7, 11) is -6.68. The zero-order chi connectivity index (χ0) is 22.2. The fourth-order valence-corrected chi connectivity index (χ4v) is 232. The molecule has 2 aromatic carbocycles. The Bertz CT molecular complexity index is 808. The maximum absolute atomic E-state index is 2.85. The van der Waals surface area contributed by atoms with Crippen molar-refractivity contribution in [3.05, 3.63) is 83.2 Å². The van der Waals surface area contributed by atoms with Gasteiger partial charge >= 0.3 is 0 Å². The second-order valence-electron chi connectivity index (χ2n) is 11.4. The van der Waals surface area contributed by atoms with Crippen molar-refractivity contribution < 1.29 is 0 Å². The van der Waals surface area contributed by atoms with Crippen LogP contribution in [-0.4, -0.2) is 44.1 Å². The van der Waals surface area contributed by atoms with Crippen LogP contribution in [-0.2, 0) is 0 Å². The summed E-state index contributed by atoms with van der Waals surface area (Å²) in [5.41, 5.74) is 8.51. The quantitative estimate of drug-likeness (QED) is 0.438. The minimum atomic E-state index is -1.23. The second kappa shape index (κ2) is 8.63. The molecular formula is C24H40Si6. The van der Waals surface area contributed by atoms with Gasteiger partial charge in [0.1, 0.15) is 0 Å². The van der Waals surface area contributed by atoms with E-state index in [-0.39, 0.29) is 0 Å². The topological polar surface area (TPSA) is 0 Å². The van der Waals surface area contributed by atoms with Gasteiger partial charge in [0.15, 0.2) is 0 Å². The predicted octanol–water partition coefficient (Wildman–Crippen LogP) is 6.26. The molecule has 30 heavy (non-hydrogen) atoms. The van der Waals surface area contributed by atoms with E-state index in [1.54, 1.807) is 0 Å². The highest BCUT2D eigenvalue weighted by Crippen LogP contribution is 2.42. The minimum Gasteiger partial charge on any atom is -0.103 e. The van der Waals surface area contributed by atoms with Gasteiger partial charge in [-0.2, -0.15) is 0 Å². The Labute approximate surface area is 191 Å². The second-order valence-corrected chi connectivity index (χ2v) is 78.5. The third-order valence-corrected chi connectivity index (χ3v) is 144. The van der Waals surface area contributed by atoms with Gasteiger partial charge in [0.25, 0.3) is 0 Å². The van der Waals surface area contributed by atoms with Crippen molar-refractivity contribution in [3.8, 4) is 0 Å². The molecule has 2 aromatic rings. The Morgan fingerprint density at radius 2 is 0.733 bits per heavy atom. The summed E-state index contributed by atoms with van der Waals surface area (Å²) < 4.78 is 0. The van der Waals surface area contributed by atoms with E-state index >= 15 is 0 Å². The molecular weight excluding hydrogens is 457 g/mol. The Balaban J connectivity index is 2.04. The minimum absolute atomic E-state index is 0.880. The summed E-state index contributed by atoms with van der Waals surface area (Å²) in [5, 5.41) is 0. The van der Waals surface area contributed by atoms with Gasteiger partial charge in [0.05, 0.1) is 0 Å². The first-order chi connectivity index (χ1) is 13.9. The monoisotopic (exact) mass is 496 g/mol. The van der Waals surface area contributed by atoms with Crippen LogP contribution in [0, 0.1) is 0 Å². The molecule has 0 spiro atoms. The summed E-state index contributed by atoms with van der Waals surface area (Å²) >= 11 is 0. The molecule has 0 radical (unpaired) electrons. The molecule has 0 saturated carbocycles. The van der Waals surface area contributed by atoms with Gasteiger partial charge in [-0.15, -0.1) is 11.4 Å². The standard InChI is InChI=1S/C24H40Si6/c1-27(2)25(21-19-23-15-11-9-12-16-23)29(5,6)30(7,8)26(28(27,3)4)22-20-24-17-13-10-14-18-24/h9-22,25-26H,1-8H3/b21-19+,22-20+. The third-order valence-electron chi connectivity index (χ3n) is 8.99. The lowest BCUT2D eigenvalue weighted by Crippen LogP contribution is -2.92. The van der Waals surface area contributed by atoms with Crippen LogP contribution in [0.5, 0.6) is 0 Å². The van der Waals surface area contributed by atoms with Gasteiger partial charge in [-0.05, 0) is 11.1 Å². The van der Waals surface area contributed by atoms with E-state index in [2.05, 4.69) is 137 Å². The largest absolute Gasteiger partial charge is 0.103 e. The van der Waals surface area contributed by atoms with Gasteiger partial charge in [0, 0.05) is 44.1 Å². The first-order valence-corrected chi connectivity index (χ1v) is 34.0. The van der Waals surface area contributed by atoms with Crippen LogP contribution in [0.15, 0.2) is 72.1 Å². The van der Waals surface area contributed by atoms with Gasteiger partial charge in [-0.3, -0.25) is 0 Å². The molecule has 0 nitrogen and oxygen atoms in total. The predicted molar refractivity (Wildman–Crippen MR) is 155 cm³/mol. The van der Waals surface area contributed by atoms with Crippen LogP contribution in [0.25, 0.3) is 12.2 Å². The lowest BCUT2D eigenvalue weighted by Gasteiger charge is -2.64. The lowest BCUT2D eigenvalue weighted by molar-refractivity contribution is 1.66. The van der Waals surface area contributed by atoms with E-state index in [4.69, 9.17) is 0 Å². The van der Waals surface area contributed by atoms with Crippen LogP contribution in [0.1, 0.15) is 11.1 Å². The van der Waals surface area contributed by atoms with Crippen LogP contribution in [0.3, 0.4) is 0 Å². The molecule has 6 heteroatoms. The zero-order valence-corrected chi connectivity index (χ0v) is 26.5. The van der Waals surface area contributed by atoms with Crippen LogP contribution in [0.4, 0.5) is 0 Å². The van der Waals surface area contributed by atoms with Gasteiger partial charge in [0.2, 0.25) is 0 Å². The molecule has 0 aliphatic carbocycles. The van der Waals surface area contributed by atoms with E-state index < -0.39 is 44.1 Å².